The van der Waals surface area contributed by atoms with Gasteiger partial charge in [-0.3, -0.25) is 9.59 Å². The fraction of sp³-hybridized carbons (Fsp3) is 0.263. The lowest BCUT2D eigenvalue weighted by molar-refractivity contribution is -0.121. The molecule has 0 aliphatic carbocycles. The number of benzene rings is 1. The number of amides is 2. The normalized spacial score (nSPS) is 13.2. The predicted molar refractivity (Wildman–Crippen MR) is 97.8 cm³/mol. The fourth-order valence-electron chi connectivity index (χ4n) is 2.90. The highest BCUT2D eigenvalue weighted by atomic mass is 16.5. The van der Waals surface area contributed by atoms with E-state index in [0.717, 1.165) is 6.42 Å². The van der Waals surface area contributed by atoms with E-state index in [2.05, 4.69) is 15.5 Å². The van der Waals surface area contributed by atoms with Crippen molar-refractivity contribution in [2.45, 2.75) is 19.9 Å². The van der Waals surface area contributed by atoms with Crippen LogP contribution in [0.4, 0.5) is 5.69 Å². The lowest BCUT2D eigenvalue weighted by atomic mass is 10.1. The second-order valence-electron chi connectivity index (χ2n) is 6.19. The minimum Gasteiger partial charge on any atom is -0.482 e. The van der Waals surface area contributed by atoms with E-state index in [1.54, 1.807) is 35.2 Å². The fourth-order valence-corrected chi connectivity index (χ4v) is 2.90. The van der Waals surface area contributed by atoms with Crippen molar-refractivity contribution in [2.24, 2.45) is 0 Å². The lowest BCUT2D eigenvalue weighted by Gasteiger charge is -2.29. The third kappa shape index (κ3) is 3.46. The Bertz CT molecular complexity index is 996. The van der Waals surface area contributed by atoms with Gasteiger partial charge in [0.2, 0.25) is 11.7 Å². The van der Waals surface area contributed by atoms with Gasteiger partial charge in [-0.05, 0) is 36.8 Å². The molecule has 0 spiro atoms. The van der Waals surface area contributed by atoms with E-state index < -0.39 is 0 Å². The highest BCUT2D eigenvalue weighted by molar-refractivity contribution is 5.98. The number of hydrogen-bond donors (Lipinski definition) is 1. The maximum atomic E-state index is 12.1. The minimum absolute atomic E-state index is 0.0358. The Morgan fingerprint density at radius 1 is 1.32 bits per heavy atom. The number of ether oxygens (including phenoxy) is 1. The van der Waals surface area contributed by atoms with Crippen molar-refractivity contribution in [3.05, 3.63) is 48.2 Å². The molecule has 3 aromatic rings. The first-order valence-corrected chi connectivity index (χ1v) is 8.87. The summed E-state index contributed by atoms with van der Waals surface area (Å²) in [6.45, 7) is 2.72. The monoisotopic (exact) mass is 382 g/mol. The molecule has 0 unspecified atom stereocenters. The van der Waals surface area contributed by atoms with E-state index in [4.69, 9.17) is 13.7 Å². The molecular formula is C19H18N4O5. The molecular weight excluding hydrogens is 364 g/mol. The summed E-state index contributed by atoms with van der Waals surface area (Å²) >= 11 is 0. The van der Waals surface area contributed by atoms with Crippen molar-refractivity contribution >= 4 is 17.5 Å². The van der Waals surface area contributed by atoms with Gasteiger partial charge in [-0.15, -0.1) is 0 Å². The Morgan fingerprint density at radius 2 is 2.21 bits per heavy atom. The third-order valence-corrected chi connectivity index (χ3v) is 4.22. The summed E-state index contributed by atoms with van der Waals surface area (Å²) in [5, 5.41) is 6.60. The summed E-state index contributed by atoms with van der Waals surface area (Å²) in [6.07, 6.45) is 2.25. The van der Waals surface area contributed by atoms with E-state index in [9.17, 15) is 9.59 Å². The van der Waals surface area contributed by atoms with Crippen LogP contribution >= 0.6 is 0 Å². The second-order valence-corrected chi connectivity index (χ2v) is 6.19. The van der Waals surface area contributed by atoms with Gasteiger partial charge < -0.3 is 23.9 Å². The molecule has 28 heavy (non-hydrogen) atoms. The third-order valence-electron chi connectivity index (χ3n) is 4.22. The van der Waals surface area contributed by atoms with Gasteiger partial charge in [0.15, 0.2) is 12.4 Å². The summed E-state index contributed by atoms with van der Waals surface area (Å²) in [5.41, 5.74) is 1.37. The van der Waals surface area contributed by atoms with E-state index in [-0.39, 0.29) is 36.6 Å². The van der Waals surface area contributed by atoms with Crippen LogP contribution in [0.2, 0.25) is 0 Å². The molecule has 9 heteroatoms. The highest BCUT2D eigenvalue weighted by Crippen LogP contribution is 2.35. The Hall–Kier alpha value is -3.62. The highest BCUT2D eigenvalue weighted by Gasteiger charge is 2.25. The largest absolute Gasteiger partial charge is 0.482 e. The molecule has 0 fully saturated rings. The van der Waals surface area contributed by atoms with Crippen LogP contribution in [-0.2, 0) is 11.3 Å². The molecule has 1 N–H and O–H groups in total. The first kappa shape index (κ1) is 17.8. The molecule has 1 aliphatic rings. The van der Waals surface area contributed by atoms with Crippen LogP contribution in [0.1, 0.15) is 29.8 Å². The first-order chi connectivity index (χ1) is 13.7. The van der Waals surface area contributed by atoms with Crippen LogP contribution in [0, 0.1) is 0 Å². The number of carbonyl (C=O) groups is 2. The molecule has 0 saturated carbocycles. The average molecular weight is 382 g/mol. The van der Waals surface area contributed by atoms with Crippen molar-refractivity contribution in [1.82, 2.24) is 15.5 Å². The van der Waals surface area contributed by atoms with Gasteiger partial charge in [0.25, 0.3) is 11.8 Å². The molecule has 0 saturated heterocycles. The van der Waals surface area contributed by atoms with Crippen LogP contribution in [0.15, 0.2) is 45.5 Å². The minimum atomic E-state index is -0.371. The summed E-state index contributed by atoms with van der Waals surface area (Å²) in [7, 11) is 0. The topological polar surface area (TPSA) is 111 Å². The molecule has 0 radical (unpaired) electrons. The molecule has 0 bridgehead atoms. The van der Waals surface area contributed by atoms with Crippen LogP contribution in [0.3, 0.4) is 0 Å². The van der Waals surface area contributed by atoms with Crippen LogP contribution in [0.5, 0.6) is 5.75 Å². The number of anilines is 1. The van der Waals surface area contributed by atoms with Gasteiger partial charge in [0.1, 0.15) is 5.75 Å². The molecule has 1 aromatic carbocycles. The molecule has 2 amide bonds. The quantitative estimate of drug-likeness (QED) is 0.697. The van der Waals surface area contributed by atoms with Crippen molar-refractivity contribution in [2.75, 3.05) is 18.1 Å². The van der Waals surface area contributed by atoms with Gasteiger partial charge in [0.05, 0.1) is 18.5 Å². The number of aromatic nitrogens is 2. The molecule has 3 heterocycles. The number of carbonyl (C=O) groups excluding carboxylic acids is 2. The van der Waals surface area contributed by atoms with Gasteiger partial charge in [-0.2, -0.15) is 4.98 Å². The SMILES string of the molecule is CCCN1C(=O)COc2ccc(-c3noc(CNC(=O)c4ccco4)n3)cc21. The molecule has 1 aliphatic heterocycles. The van der Waals surface area contributed by atoms with Crippen LogP contribution in [0.25, 0.3) is 11.4 Å². The van der Waals surface area contributed by atoms with Gasteiger partial charge in [0, 0.05) is 12.1 Å². The van der Waals surface area contributed by atoms with Crippen LogP contribution in [-0.4, -0.2) is 35.1 Å². The number of nitrogens with zero attached hydrogens (tertiary/aromatic N) is 3. The van der Waals surface area contributed by atoms with Crippen molar-refractivity contribution in [1.29, 1.82) is 0 Å². The van der Waals surface area contributed by atoms with E-state index in [1.807, 2.05) is 6.92 Å². The van der Waals surface area contributed by atoms with Crippen molar-refractivity contribution < 1.29 is 23.3 Å². The first-order valence-electron chi connectivity index (χ1n) is 8.87. The zero-order chi connectivity index (χ0) is 19.5. The maximum absolute atomic E-state index is 12.1. The number of fused-ring (bicyclic) bond motifs is 1. The van der Waals surface area contributed by atoms with Gasteiger partial charge in [-0.25, -0.2) is 0 Å². The van der Waals surface area contributed by atoms with Crippen molar-refractivity contribution in [3.63, 3.8) is 0 Å². The maximum Gasteiger partial charge on any atom is 0.287 e. The summed E-state index contributed by atoms with van der Waals surface area (Å²) in [4.78, 5) is 30.1. The zero-order valence-electron chi connectivity index (χ0n) is 15.2. The number of hydrogen-bond acceptors (Lipinski definition) is 7. The zero-order valence-corrected chi connectivity index (χ0v) is 15.2. The van der Waals surface area contributed by atoms with Crippen molar-refractivity contribution in [3.8, 4) is 17.1 Å². The molecule has 4 rings (SSSR count). The predicted octanol–water partition coefficient (Wildman–Crippen LogP) is 2.40. The standard InChI is InChI=1S/C19H18N4O5/c1-2-7-23-13-9-12(5-6-14(13)27-11-17(23)24)18-21-16(28-22-18)10-20-19(25)15-4-3-8-26-15/h3-6,8-9H,2,7,10-11H2,1H3,(H,20,25). The number of nitrogens with one attached hydrogen (secondary N) is 1. The molecule has 0 atom stereocenters. The molecule has 2 aromatic heterocycles. The second kappa shape index (κ2) is 7.55. The Labute approximate surface area is 160 Å². The summed E-state index contributed by atoms with van der Waals surface area (Å²) in [5.74, 6) is 1.01. The Kier molecular flexibility index (Phi) is 4.79. The Balaban J connectivity index is 1.51. The Morgan fingerprint density at radius 3 is 3.00 bits per heavy atom. The number of furan rings is 1. The van der Waals surface area contributed by atoms with E-state index in [0.29, 0.717) is 29.4 Å². The van der Waals surface area contributed by atoms with E-state index >= 15 is 0 Å². The van der Waals surface area contributed by atoms with Gasteiger partial charge >= 0.3 is 0 Å². The number of rotatable bonds is 6. The van der Waals surface area contributed by atoms with Gasteiger partial charge in [-0.1, -0.05) is 12.1 Å². The summed E-state index contributed by atoms with van der Waals surface area (Å²) < 4.78 is 15.7. The molecule has 144 valence electrons. The average Bonchev–Trinajstić information content (AvgIpc) is 3.40. The summed E-state index contributed by atoms with van der Waals surface area (Å²) in [6, 6.07) is 8.58. The van der Waals surface area contributed by atoms with Crippen LogP contribution < -0.4 is 15.0 Å². The molecule has 9 nitrogen and oxygen atoms in total. The van der Waals surface area contributed by atoms with E-state index in [1.165, 1.54) is 6.26 Å². The smallest absolute Gasteiger partial charge is 0.287 e. The lowest BCUT2D eigenvalue weighted by Crippen LogP contribution is -2.39.